The lowest BCUT2D eigenvalue weighted by Gasteiger charge is -2.27. The van der Waals surface area contributed by atoms with E-state index in [9.17, 15) is 19.5 Å². The maximum Gasteiger partial charge on any atom is 0.303 e. The molecule has 0 unspecified atom stereocenters. The minimum absolute atomic E-state index is 0.117. The number of fused-ring (bicyclic) bond motifs is 1. The van der Waals surface area contributed by atoms with Gasteiger partial charge in [0.2, 0.25) is 0 Å². The Kier molecular flexibility index (Phi) is 5.62. The van der Waals surface area contributed by atoms with Gasteiger partial charge in [-0.2, -0.15) is 0 Å². The number of ether oxygens (including phenoxy) is 4. The number of epoxide rings is 1. The Labute approximate surface area is 195 Å². The standard InChI is InChI=1S/C25H36O8/c1-11-9-25-22(32-15(5)27)12(2)10-24(25,33-25)21(29)13(3)19(31-14(4)26)16-17(23(16,6)7)20(30-8)18(11)28/h9,12-13,16-20,22,28H,10H2,1-8H3/b11-9+/t12-,13-,16-,17+,18+,19-,20-,22-,24-,25-/m0/s1. The van der Waals surface area contributed by atoms with Crippen LogP contribution in [0.5, 0.6) is 0 Å². The van der Waals surface area contributed by atoms with Gasteiger partial charge in [-0.05, 0) is 36.3 Å². The molecular formula is C25H36O8. The van der Waals surface area contributed by atoms with E-state index in [0.29, 0.717) is 12.0 Å². The van der Waals surface area contributed by atoms with Crippen LogP contribution >= 0.6 is 0 Å². The molecular weight excluding hydrogens is 428 g/mol. The van der Waals surface area contributed by atoms with Crippen LogP contribution < -0.4 is 0 Å². The number of hydrogen-bond acceptors (Lipinski definition) is 8. The number of aliphatic hydroxyl groups is 1. The molecule has 1 N–H and O–H groups in total. The number of hydrogen-bond donors (Lipinski definition) is 1. The first-order valence-electron chi connectivity index (χ1n) is 11.7. The molecule has 4 aliphatic rings. The highest BCUT2D eigenvalue weighted by Gasteiger charge is 2.83. The van der Waals surface area contributed by atoms with Crippen molar-refractivity contribution >= 4 is 17.7 Å². The van der Waals surface area contributed by atoms with E-state index >= 15 is 0 Å². The molecule has 1 heterocycles. The highest BCUT2D eigenvalue weighted by atomic mass is 16.7. The van der Waals surface area contributed by atoms with E-state index in [1.54, 1.807) is 27.0 Å². The Morgan fingerprint density at radius 3 is 2.21 bits per heavy atom. The fourth-order valence-electron chi connectivity index (χ4n) is 7.01. The number of Topliss-reactive ketones (excluding diaryl/α,β-unsaturated/α-hetero) is 1. The summed E-state index contributed by atoms with van der Waals surface area (Å²) in [5, 5.41) is 11.3. The molecule has 0 aromatic heterocycles. The molecule has 0 aromatic rings. The number of ketones is 1. The molecule has 0 radical (unpaired) electrons. The quantitative estimate of drug-likeness (QED) is 0.384. The fourth-order valence-corrected chi connectivity index (χ4v) is 7.01. The number of methoxy groups -OCH3 is 1. The molecule has 1 saturated heterocycles. The second kappa shape index (κ2) is 7.62. The Bertz CT molecular complexity index is 908. The molecule has 0 amide bonds. The first-order chi connectivity index (χ1) is 15.2. The summed E-state index contributed by atoms with van der Waals surface area (Å²) < 4.78 is 23.4. The van der Waals surface area contributed by atoms with Gasteiger partial charge in [-0.15, -0.1) is 0 Å². The zero-order valence-electron chi connectivity index (χ0n) is 20.7. The fraction of sp³-hybridized carbons (Fsp3) is 0.800. The molecule has 3 aliphatic carbocycles. The van der Waals surface area contributed by atoms with Crippen molar-refractivity contribution in [2.24, 2.45) is 29.1 Å². The normalized spacial score (nSPS) is 49.4. The Morgan fingerprint density at radius 2 is 1.67 bits per heavy atom. The van der Waals surface area contributed by atoms with Gasteiger partial charge in [-0.1, -0.05) is 27.7 Å². The monoisotopic (exact) mass is 464 g/mol. The van der Waals surface area contributed by atoms with Crippen molar-refractivity contribution in [2.75, 3.05) is 7.11 Å². The maximum absolute atomic E-state index is 14.0. The van der Waals surface area contributed by atoms with E-state index in [2.05, 4.69) is 0 Å². The summed E-state index contributed by atoms with van der Waals surface area (Å²) in [6.45, 7) is 12.3. The predicted molar refractivity (Wildman–Crippen MR) is 117 cm³/mol. The first kappa shape index (κ1) is 24.4. The van der Waals surface area contributed by atoms with Crippen molar-refractivity contribution in [3.63, 3.8) is 0 Å². The van der Waals surface area contributed by atoms with Crippen molar-refractivity contribution in [2.45, 2.75) is 90.5 Å². The van der Waals surface area contributed by atoms with E-state index in [1.165, 1.54) is 13.8 Å². The molecule has 0 bridgehead atoms. The summed E-state index contributed by atoms with van der Waals surface area (Å²) in [6, 6.07) is 0. The van der Waals surface area contributed by atoms with Gasteiger partial charge >= 0.3 is 11.9 Å². The van der Waals surface area contributed by atoms with Gasteiger partial charge in [0.05, 0.1) is 12.0 Å². The first-order valence-corrected chi connectivity index (χ1v) is 11.7. The third-order valence-corrected chi connectivity index (χ3v) is 8.58. The molecule has 3 fully saturated rings. The number of rotatable bonds is 3. The Hall–Kier alpha value is -1.77. The van der Waals surface area contributed by atoms with Gasteiger partial charge in [0.25, 0.3) is 0 Å². The van der Waals surface area contributed by atoms with E-state index in [0.717, 1.165) is 0 Å². The summed E-state index contributed by atoms with van der Waals surface area (Å²) in [7, 11) is 1.55. The average Bonchev–Trinajstić information content (AvgIpc) is 3.49. The maximum atomic E-state index is 14.0. The molecule has 184 valence electrons. The van der Waals surface area contributed by atoms with Crippen LogP contribution in [0, 0.1) is 29.1 Å². The number of carbonyl (C=O) groups is 3. The Morgan fingerprint density at radius 1 is 1.09 bits per heavy atom. The third kappa shape index (κ3) is 3.32. The van der Waals surface area contributed by atoms with Crippen molar-refractivity contribution < 1.29 is 38.4 Å². The van der Waals surface area contributed by atoms with Crippen LogP contribution in [0.15, 0.2) is 11.6 Å². The zero-order chi connectivity index (χ0) is 24.7. The van der Waals surface area contributed by atoms with Crippen molar-refractivity contribution in [3.8, 4) is 0 Å². The SMILES string of the molecule is CO[C@H]1[C@H]2[C@@H]([C@@H](OC(C)=O)[C@H](C)C(=O)[C@@]34C[C@H](C)[C@H](OC(C)=O)[C@]3(/C=C(\C)[C@H]1O)O4)C2(C)C. The highest BCUT2D eigenvalue weighted by molar-refractivity contribution is 5.96. The van der Waals surface area contributed by atoms with Gasteiger partial charge in [-0.25, -0.2) is 0 Å². The van der Waals surface area contributed by atoms with Crippen LogP contribution in [0.4, 0.5) is 0 Å². The van der Waals surface area contributed by atoms with E-state index in [4.69, 9.17) is 18.9 Å². The number of carbonyl (C=O) groups excluding carboxylic acids is 3. The minimum atomic E-state index is -1.19. The second-order valence-electron chi connectivity index (χ2n) is 11.1. The molecule has 33 heavy (non-hydrogen) atoms. The summed E-state index contributed by atoms with van der Waals surface area (Å²) in [5.41, 5.74) is -2.05. The Balaban J connectivity index is 1.86. The lowest BCUT2D eigenvalue weighted by Crippen LogP contribution is -2.43. The van der Waals surface area contributed by atoms with Gasteiger partial charge in [-0.3, -0.25) is 14.4 Å². The van der Waals surface area contributed by atoms with Gasteiger partial charge in [0.15, 0.2) is 17.0 Å². The number of aliphatic hydroxyl groups excluding tert-OH is 1. The van der Waals surface area contributed by atoms with Crippen LogP contribution in [0.3, 0.4) is 0 Å². The van der Waals surface area contributed by atoms with Crippen LogP contribution in [0.1, 0.15) is 54.9 Å². The minimum Gasteiger partial charge on any atom is -0.461 e. The van der Waals surface area contributed by atoms with Crippen LogP contribution in [0.25, 0.3) is 0 Å². The number of esters is 2. The van der Waals surface area contributed by atoms with Crippen LogP contribution in [-0.2, 0) is 33.3 Å². The summed E-state index contributed by atoms with van der Waals surface area (Å²) in [4.78, 5) is 38.0. The summed E-state index contributed by atoms with van der Waals surface area (Å²) >= 11 is 0. The molecule has 0 spiro atoms. The molecule has 4 rings (SSSR count). The predicted octanol–water partition coefficient (Wildman–Crippen LogP) is 2.21. The van der Waals surface area contributed by atoms with E-state index in [-0.39, 0.29) is 29.0 Å². The molecule has 2 saturated carbocycles. The molecule has 10 atom stereocenters. The molecule has 1 aliphatic heterocycles. The van der Waals surface area contributed by atoms with Crippen LogP contribution in [-0.4, -0.2) is 65.6 Å². The van der Waals surface area contributed by atoms with Gasteiger partial charge in [0.1, 0.15) is 18.3 Å². The molecule has 8 heteroatoms. The lowest BCUT2D eigenvalue weighted by atomic mass is 9.80. The average molecular weight is 465 g/mol. The van der Waals surface area contributed by atoms with Gasteiger partial charge in [0, 0.05) is 32.8 Å². The molecule has 8 nitrogen and oxygen atoms in total. The van der Waals surface area contributed by atoms with Crippen molar-refractivity contribution in [3.05, 3.63) is 11.6 Å². The second-order valence-corrected chi connectivity index (χ2v) is 11.1. The topological polar surface area (TPSA) is 112 Å². The van der Waals surface area contributed by atoms with Crippen LogP contribution in [0.2, 0.25) is 0 Å². The largest absolute Gasteiger partial charge is 0.461 e. The van der Waals surface area contributed by atoms with Crippen molar-refractivity contribution in [1.82, 2.24) is 0 Å². The van der Waals surface area contributed by atoms with Crippen molar-refractivity contribution in [1.29, 1.82) is 0 Å². The smallest absolute Gasteiger partial charge is 0.303 e. The van der Waals surface area contributed by atoms with Gasteiger partial charge < -0.3 is 24.1 Å². The third-order valence-electron chi connectivity index (χ3n) is 8.58. The summed E-state index contributed by atoms with van der Waals surface area (Å²) in [6.07, 6.45) is -0.717. The zero-order valence-corrected chi connectivity index (χ0v) is 20.7. The summed E-state index contributed by atoms with van der Waals surface area (Å²) in [5.74, 6) is -2.13. The van der Waals surface area contributed by atoms with E-state index in [1.807, 2.05) is 20.8 Å². The highest BCUT2D eigenvalue weighted by Crippen LogP contribution is 2.68. The lowest BCUT2D eigenvalue weighted by molar-refractivity contribution is -0.154. The molecule has 0 aromatic carbocycles. The van der Waals surface area contributed by atoms with E-state index < -0.39 is 53.5 Å².